The van der Waals surface area contributed by atoms with Gasteiger partial charge in [0.05, 0.1) is 26.3 Å². The number of hydrogen-bond acceptors (Lipinski definition) is 10. The molecule has 0 spiro atoms. The lowest BCUT2D eigenvalue weighted by Gasteiger charge is -2.42. The third-order valence-corrected chi connectivity index (χ3v) is 10.6. The molecule has 0 aromatic carbocycles. The Morgan fingerprint density at radius 1 is 0.604 bits per heavy atom. The Morgan fingerprint density at radius 2 is 1.04 bits per heavy atom. The van der Waals surface area contributed by atoms with E-state index in [2.05, 4.69) is 36.3 Å². The molecule has 48 heavy (non-hydrogen) atoms. The third-order valence-electron chi connectivity index (χ3n) is 10.6. The molecule has 4 saturated heterocycles. The summed E-state index contributed by atoms with van der Waals surface area (Å²) in [6.07, 6.45) is 5.18. The fraction of sp³-hybridized carbons (Fsp3) is 0.947. The lowest BCUT2D eigenvalue weighted by molar-refractivity contribution is -0.124. The van der Waals surface area contributed by atoms with Gasteiger partial charge in [-0.3, -0.25) is 24.3 Å². The van der Waals surface area contributed by atoms with Crippen molar-refractivity contribution in [2.24, 2.45) is 17.8 Å². The van der Waals surface area contributed by atoms with Crippen molar-refractivity contribution in [2.45, 2.75) is 80.2 Å². The highest BCUT2D eigenvalue weighted by molar-refractivity contribution is 5.82. The van der Waals surface area contributed by atoms with Gasteiger partial charge in [0.1, 0.15) is 11.6 Å². The number of piperidine rings is 2. The fourth-order valence-corrected chi connectivity index (χ4v) is 7.05. The predicted molar refractivity (Wildman–Crippen MR) is 199 cm³/mol. The highest BCUT2D eigenvalue weighted by Crippen LogP contribution is 2.20. The number of ether oxygens (including phenoxy) is 2. The summed E-state index contributed by atoms with van der Waals surface area (Å²) >= 11 is 0. The number of hydrogen-bond donors (Lipinski definition) is 0. The summed E-state index contributed by atoms with van der Waals surface area (Å²) in [4.78, 5) is 38.7. The molecule has 0 atom stereocenters. The molecule has 4 fully saturated rings. The van der Waals surface area contributed by atoms with Crippen LogP contribution in [0.5, 0.6) is 0 Å². The summed E-state index contributed by atoms with van der Waals surface area (Å²) < 4.78 is 10.6. The lowest BCUT2D eigenvalue weighted by Crippen LogP contribution is -2.54. The number of rotatable bonds is 16. The first-order chi connectivity index (χ1) is 23.2. The molecule has 4 aliphatic heterocycles. The van der Waals surface area contributed by atoms with E-state index >= 15 is 0 Å². The van der Waals surface area contributed by atoms with E-state index in [1.165, 1.54) is 58.4 Å². The lowest BCUT2D eigenvalue weighted by atomic mass is 9.96. The van der Waals surface area contributed by atoms with Crippen molar-refractivity contribution < 1.29 is 19.1 Å². The molecule has 0 aromatic rings. The van der Waals surface area contributed by atoms with Crippen molar-refractivity contribution in [1.82, 2.24) is 29.4 Å². The third kappa shape index (κ3) is 16.8. The Balaban J connectivity index is 0.000000317. The second-order valence-corrected chi connectivity index (χ2v) is 14.7. The van der Waals surface area contributed by atoms with Gasteiger partial charge >= 0.3 is 0 Å². The molecule has 0 bridgehead atoms. The summed E-state index contributed by atoms with van der Waals surface area (Å²) in [6, 6.07) is 0.737. The minimum absolute atomic E-state index is 0.161. The summed E-state index contributed by atoms with van der Waals surface area (Å²) in [7, 11) is 1.78. The number of likely N-dealkylation sites (tertiary alicyclic amines) is 2. The topological polar surface area (TPSA) is 72.0 Å². The molecule has 4 aliphatic rings. The first-order valence-electron chi connectivity index (χ1n) is 19.7. The van der Waals surface area contributed by atoms with Crippen LogP contribution in [0.15, 0.2) is 0 Å². The van der Waals surface area contributed by atoms with Gasteiger partial charge in [-0.15, -0.1) is 0 Å². The van der Waals surface area contributed by atoms with Crippen LogP contribution in [0.4, 0.5) is 0 Å². The zero-order valence-corrected chi connectivity index (χ0v) is 32.6. The minimum Gasteiger partial charge on any atom is -0.383 e. The standard InChI is InChI=1S/2C18H35N3O2.C2H6/c1-16(2)18(22)15-21-10-8-20(9-11-21)14-17-4-6-19(7-5-17)12-13-23-3;1-4-23-14-13-19-7-5-17(6-8-19)21-11-9-20(10-12-21)15-18(22)16(2)3;1-2/h2*16-17H,4-15H2,1-3H3;1-2H3. The van der Waals surface area contributed by atoms with Crippen molar-refractivity contribution in [3.05, 3.63) is 0 Å². The maximum atomic E-state index is 11.9. The maximum Gasteiger partial charge on any atom is 0.149 e. The Bertz CT molecular complexity index is 829. The zero-order valence-electron chi connectivity index (χ0n) is 32.6. The van der Waals surface area contributed by atoms with Gasteiger partial charge in [0.2, 0.25) is 0 Å². The van der Waals surface area contributed by atoms with Crippen molar-refractivity contribution in [3.63, 3.8) is 0 Å². The van der Waals surface area contributed by atoms with Crippen LogP contribution in [-0.2, 0) is 19.1 Å². The van der Waals surface area contributed by atoms with E-state index in [0.717, 1.165) is 97.2 Å². The highest BCUT2D eigenvalue weighted by atomic mass is 16.5. The van der Waals surface area contributed by atoms with Crippen molar-refractivity contribution in [1.29, 1.82) is 0 Å². The minimum atomic E-state index is 0.161. The Morgan fingerprint density at radius 3 is 1.50 bits per heavy atom. The molecule has 10 heteroatoms. The van der Waals surface area contributed by atoms with Crippen LogP contribution in [0.2, 0.25) is 0 Å². The van der Waals surface area contributed by atoms with Crippen LogP contribution in [0.25, 0.3) is 0 Å². The molecule has 0 radical (unpaired) electrons. The van der Waals surface area contributed by atoms with Gasteiger partial charge in [-0.2, -0.15) is 0 Å². The summed E-state index contributed by atoms with van der Waals surface area (Å²) in [5.74, 6) is 1.92. The van der Waals surface area contributed by atoms with Gasteiger partial charge in [-0.1, -0.05) is 41.5 Å². The van der Waals surface area contributed by atoms with Crippen molar-refractivity contribution in [3.8, 4) is 0 Å². The molecular formula is C38H76N6O4. The highest BCUT2D eigenvalue weighted by Gasteiger charge is 2.28. The van der Waals surface area contributed by atoms with Gasteiger partial charge in [0, 0.05) is 104 Å². The monoisotopic (exact) mass is 681 g/mol. The molecule has 0 saturated carbocycles. The maximum absolute atomic E-state index is 11.9. The van der Waals surface area contributed by atoms with Gasteiger partial charge in [0.25, 0.3) is 0 Å². The van der Waals surface area contributed by atoms with E-state index in [1.54, 1.807) is 7.11 Å². The second kappa shape index (κ2) is 25.1. The van der Waals surface area contributed by atoms with Gasteiger partial charge in [-0.05, 0) is 64.7 Å². The van der Waals surface area contributed by atoms with E-state index in [0.29, 0.717) is 24.7 Å². The van der Waals surface area contributed by atoms with Gasteiger partial charge in [-0.25, -0.2) is 0 Å². The number of carbonyl (C=O) groups excluding carboxylic acids is 2. The Kier molecular flexibility index (Phi) is 22.5. The normalized spacial score (nSPS) is 22.0. The van der Waals surface area contributed by atoms with E-state index in [-0.39, 0.29) is 11.8 Å². The number of carbonyl (C=O) groups is 2. The Labute approximate surface area is 295 Å². The molecule has 0 aliphatic carbocycles. The van der Waals surface area contributed by atoms with Gasteiger partial charge in [0.15, 0.2) is 0 Å². The van der Waals surface area contributed by atoms with Crippen LogP contribution in [0, 0.1) is 17.8 Å². The quantitative estimate of drug-likeness (QED) is 0.226. The largest absolute Gasteiger partial charge is 0.383 e. The first kappa shape index (κ1) is 43.2. The fourth-order valence-electron chi connectivity index (χ4n) is 7.05. The van der Waals surface area contributed by atoms with Crippen molar-refractivity contribution >= 4 is 11.6 Å². The molecule has 0 aromatic heterocycles. The second-order valence-electron chi connectivity index (χ2n) is 14.7. The SMILES string of the molecule is CC.CCOCCN1CCC(N2CCN(CC(=O)C(C)C)CC2)CC1.COCCN1CCC(CN2CCN(CC(=O)C(C)C)CC2)CC1. The zero-order chi connectivity index (χ0) is 35.3. The summed E-state index contributed by atoms with van der Waals surface area (Å²) in [5.41, 5.74) is 0. The van der Waals surface area contributed by atoms with Crippen LogP contribution in [-0.4, -0.2) is 185 Å². The number of Topliss-reactive ketones (excluding diaryl/α,β-unsaturated/α-hetero) is 2. The molecular weight excluding hydrogens is 604 g/mol. The summed E-state index contributed by atoms with van der Waals surface area (Å²) in [5, 5.41) is 0. The molecule has 282 valence electrons. The molecule has 0 unspecified atom stereocenters. The molecule has 4 heterocycles. The van der Waals surface area contributed by atoms with Crippen LogP contribution in [0.3, 0.4) is 0 Å². The van der Waals surface area contributed by atoms with Crippen LogP contribution >= 0.6 is 0 Å². The number of nitrogens with zero attached hydrogens (tertiary/aromatic N) is 6. The molecule has 10 nitrogen and oxygen atoms in total. The molecule has 4 rings (SSSR count). The summed E-state index contributed by atoms with van der Waals surface area (Å²) in [6.45, 7) is 34.8. The number of ketones is 2. The van der Waals surface area contributed by atoms with Crippen LogP contribution in [0.1, 0.15) is 74.1 Å². The number of piperazine rings is 2. The van der Waals surface area contributed by atoms with Gasteiger partial charge < -0.3 is 24.2 Å². The molecule has 0 N–H and O–H groups in total. The van der Waals surface area contributed by atoms with E-state index in [4.69, 9.17) is 9.47 Å². The van der Waals surface area contributed by atoms with Crippen molar-refractivity contribution in [2.75, 3.05) is 138 Å². The number of methoxy groups -OCH3 is 1. The smallest absolute Gasteiger partial charge is 0.149 e. The Hall–Kier alpha value is -0.980. The van der Waals surface area contributed by atoms with E-state index < -0.39 is 0 Å². The van der Waals surface area contributed by atoms with E-state index in [1.807, 2.05) is 41.5 Å². The predicted octanol–water partition coefficient (Wildman–Crippen LogP) is 3.54. The first-order valence-corrected chi connectivity index (χ1v) is 19.7. The average molecular weight is 681 g/mol. The molecule has 0 amide bonds. The average Bonchev–Trinajstić information content (AvgIpc) is 3.10. The van der Waals surface area contributed by atoms with E-state index in [9.17, 15) is 9.59 Å². The van der Waals surface area contributed by atoms with Crippen LogP contribution < -0.4 is 0 Å².